The van der Waals surface area contributed by atoms with Gasteiger partial charge in [-0.25, -0.2) is 4.39 Å². The molecular weight excluding hydrogens is 231 g/mol. The van der Waals surface area contributed by atoms with Crippen molar-refractivity contribution in [3.8, 4) is 11.8 Å². The number of nitriles is 1. The molecule has 0 saturated carbocycles. The van der Waals surface area contributed by atoms with Gasteiger partial charge in [0.25, 0.3) is 0 Å². The van der Waals surface area contributed by atoms with Crippen molar-refractivity contribution in [2.75, 3.05) is 13.2 Å². The van der Waals surface area contributed by atoms with Crippen molar-refractivity contribution in [3.63, 3.8) is 0 Å². The number of hydrogen-bond acceptors (Lipinski definition) is 3. The Hall–Kier alpha value is -1.60. The van der Waals surface area contributed by atoms with E-state index in [0.29, 0.717) is 19.6 Å². The van der Waals surface area contributed by atoms with Crippen LogP contribution in [0.5, 0.6) is 5.75 Å². The van der Waals surface area contributed by atoms with Crippen LogP contribution in [0.2, 0.25) is 0 Å². The molecule has 0 aliphatic carbocycles. The Kier molecular flexibility index (Phi) is 5.11. The van der Waals surface area contributed by atoms with Crippen LogP contribution in [0.1, 0.15) is 25.8 Å². The normalized spacial score (nSPS) is 13.7. The van der Waals surface area contributed by atoms with Crippen molar-refractivity contribution >= 4 is 0 Å². The largest absolute Gasteiger partial charge is 0.490 e. The van der Waals surface area contributed by atoms with Gasteiger partial charge in [0.15, 0.2) is 11.6 Å². The van der Waals surface area contributed by atoms with E-state index in [1.165, 1.54) is 6.07 Å². The van der Waals surface area contributed by atoms with Crippen molar-refractivity contribution in [1.29, 1.82) is 5.26 Å². The molecule has 1 atom stereocenters. The Morgan fingerprint density at radius 2 is 2.22 bits per heavy atom. The van der Waals surface area contributed by atoms with E-state index in [-0.39, 0.29) is 11.6 Å². The fraction of sp³-hybridized carbons (Fsp3) is 0.500. The van der Waals surface area contributed by atoms with Crippen LogP contribution in [0.25, 0.3) is 0 Å². The topological polar surface area (TPSA) is 45.0 Å². The van der Waals surface area contributed by atoms with E-state index in [1.54, 1.807) is 12.1 Å². The summed E-state index contributed by atoms with van der Waals surface area (Å²) >= 11 is 0. The first-order valence-corrected chi connectivity index (χ1v) is 6.06. The third-order valence-electron chi connectivity index (χ3n) is 2.76. The highest BCUT2D eigenvalue weighted by Crippen LogP contribution is 2.19. The summed E-state index contributed by atoms with van der Waals surface area (Å²) in [6.45, 7) is 6.65. The lowest BCUT2D eigenvalue weighted by molar-refractivity contribution is 0.258. The summed E-state index contributed by atoms with van der Waals surface area (Å²) in [5.41, 5.74) is 0.316. The van der Waals surface area contributed by atoms with E-state index in [2.05, 4.69) is 11.4 Å². The van der Waals surface area contributed by atoms with Crippen molar-refractivity contribution in [3.05, 3.63) is 29.6 Å². The number of halogens is 1. The summed E-state index contributed by atoms with van der Waals surface area (Å²) in [7, 11) is 0. The first kappa shape index (κ1) is 14.5. The lowest BCUT2D eigenvalue weighted by Crippen LogP contribution is -2.42. The minimum absolute atomic E-state index is 0.242. The molecular formula is C14H19FN2O. The number of hydrogen-bond donors (Lipinski definition) is 1. The average Bonchev–Trinajstić information content (AvgIpc) is 2.34. The average molecular weight is 250 g/mol. The number of aryl methyl sites for hydroxylation is 1. The minimum Gasteiger partial charge on any atom is -0.490 e. The molecule has 0 amide bonds. The Morgan fingerprint density at radius 3 is 2.83 bits per heavy atom. The standard InChI is InChI=1S/C14H19FN2O/c1-4-17-14(3,10-16)7-8-18-13-9-11(2)5-6-12(13)15/h5-6,9,17H,4,7-8H2,1-3H3. The van der Waals surface area contributed by atoms with E-state index in [4.69, 9.17) is 10.00 Å². The summed E-state index contributed by atoms with van der Waals surface area (Å²) in [4.78, 5) is 0. The molecule has 0 heterocycles. The van der Waals surface area contributed by atoms with Gasteiger partial charge in [-0.05, 0) is 38.1 Å². The lowest BCUT2D eigenvalue weighted by atomic mass is 10.0. The van der Waals surface area contributed by atoms with Crippen LogP contribution in [0.3, 0.4) is 0 Å². The van der Waals surface area contributed by atoms with Crippen molar-refractivity contribution in [1.82, 2.24) is 5.32 Å². The van der Waals surface area contributed by atoms with Gasteiger partial charge in [-0.2, -0.15) is 5.26 Å². The van der Waals surface area contributed by atoms with Crippen LogP contribution in [0.4, 0.5) is 4.39 Å². The van der Waals surface area contributed by atoms with Gasteiger partial charge in [0.1, 0.15) is 5.54 Å². The molecule has 0 spiro atoms. The fourth-order valence-electron chi connectivity index (χ4n) is 1.66. The third kappa shape index (κ3) is 4.01. The van der Waals surface area contributed by atoms with Crippen LogP contribution in [0.15, 0.2) is 18.2 Å². The molecule has 0 aliphatic rings. The van der Waals surface area contributed by atoms with E-state index in [9.17, 15) is 4.39 Å². The predicted molar refractivity (Wildman–Crippen MR) is 68.9 cm³/mol. The predicted octanol–water partition coefficient (Wildman–Crippen LogP) is 2.79. The van der Waals surface area contributed by atoms with Crippen molar-refractivity contribution in [2.45, 2.75) is 32.7 Å². The Bertz CT molecular complexity index is 442. The maximum Gasteiger partial charge on any atom is 0.165 e. The van der Waals surface area contributed by atoms with E-state index in [0.717, 1.165) is 5.56 Å². The highest BCUT2D eigenvalue weighted by Gasteiger charge is 2.22. The molecule has 1 rings (SSSR count). The Labute approximate surface area is 108 Å². The summed E-state index contributed by atoms with van der Waals surface area (Å²) in [5, 5.41) is 12.2. The molecule has 0 radical (unpaired) electrons. The second kappa shape index (κ2) is 6.36. The molecule has 0 saturated heterocycles. The number of ether oxygens (including phenoxy) is 1. The maximum absolute atomic E-state index is 13.4. The smallest absolute Gasteiger partial charge is 0.165 e. The van der Waals surface area contributed by atoms with E-state index in [1.807, 2.05) is 20.8 Å². The molecule has 1 aromatic rings. The first-order valence-electron chi connectivity index (χ1n) is 6.06. The highest BCUT2D eigenvalue weighted by molar-refractivity contribution is 5.29. The molecule has 1 unspecified atom stereocenters. The zero-order valence-corrected chi connectivity index (χ0v) is 11.1. The van der Waals surface area contributed by atoms with Crippen LogP contribution >= 0.6 is 0 Å². The number of rotatable bonds is 6. The second-order valence-electron chi connectivity index (χ2n) is 4.51. The van der Waals surface area contributed by atoms with Crippen molar-refractivity contribution in [2.24, 2.45) is 0 Å². The molecule has 0 bridgehead atoms. The fourth-order valence-corrected chi connectivity index (χ4v) is 1.66. The van der Waals surface area contributed by atoms with Crippen LogP contribution in [-0.4, -0.2) is 18.7 Å². The number of nitrogens with zero attached hydrogens (tertiary/aromatic N) is 1. The molecule has 0 aliphatic heterocycles. The zero-order chi connectivity index (χ0) is 13.6. The lowest BCUT2D eigenvalue weighted by Gasteiger charge is -2.22. The number of nitrogens with one attached hydrogen (secondary N) is 1. The van der Waals surface area contributed by atoms with Gasteiger partial charge in [0.2, 0.25) is 0 Å². The van der Waals surface area contributed by atoms with Crippen LogP contribution in [-0.2, 0) is 0 Å². The molecule has 0 aromatic heterocycles. The van der Waals surface area contributed by atoms with Gasteiger partial charge in [-0.3, -0.25) is 5.32 Å². The van der Waals surface area contributed by atoms with Gasteiger partial charge >= 0.3 is 0 Å². The molecule has 1 N–H and O–H groups in total. The monoisotopic (exact) mass is 250 g/mol. The summed E-state index contributed by atoms with van der Waals surface area (Å²) in [5.74, 6) is -0.130. The van der Waals surface area contributed by atoms with Crippen molar-refractivity contribution < 1.29 is 9.13 Å². The Balaban J connectivity index is 2.56. The molecule has 1 aromatic carbocycles. The van der Waals surface area contributed by atoms with Gasteiger partial charge in [0, 0.05) is 6.42 Å². The van der Waals surface area contributed by atoms with E-state index < -0.39 is 5.54 Å². The Morgan fingerprint density at radius 1 is 1.50 bits per heavy atom. The number of benzene rings is 1. The van der Waals surface area contributed by atoms with Crippen LogP contribution in [0, 0.1) is 24.1 Å². The van der Waals surface area contributed by atoms with Crippen LogP contribution < -0.4 is 10.1 Å². The summed E-state index contributed by atoms with van der Waals surface area (Å²) in [6, 6.07) is 6.95. The highest BCUT2D eigenvalue weighted by atomic mass is 19.1. The molecule has 0 fully saturated rings. The molecule has 4 heteroatoms. The summed E-state index contributed by atoms with van der Waals surface area (Å²) in [6.07, 6.45) is 0.505. The minimum atomic E-state index is -0.630. The first-order chi connectivity index (χ1) is 8.50. The SMILES string of the molecule is CCNC(C)(C#N)CCOc1cc(C)ccc1F. The maximum atomic E-state index is 13.4. The molecule has 98 valence electrons. The molecule has 18 heavy (non-hydrogen) atoms. The quantitative estimate of drug-likeness (QED) is 0.844. The third-order valence-corrected chi connectivity index (χ3v) is 2.76. The van der Waals surface area contributed by atoms with Gasteiger partial charge in [-0.1, -0.05) is 13.0 Å². The van der Waals surface area contributed by atoms with Gasteiger partial charge < -0.3 is 4.74 Å². The molecule has 3 nitrogen and oxygen atoms in total. The zero-order valence-electron chi connectivity index (χ0n) is 11.1. The van der Waals surface area contributed by atoms with Gasteiger partial charge in [0.05, 0.1) is 12.7 Å². The van der Waals surface area contributed by atoms with E-state index >= 15 is 0 Å². The second-order valence-corrected chi connectivity index (χ2v) is 4.51. The summed E-state index contributed by atoms with van der Waals surface area (Å²) < 4.78 is 18.8. The van der Waals surface area contributed by atoms with Gasteiger partial charge in [-0.15, -0.1) is 0 Å².